The van der Waals surface area contributed by atoms with Crippen LogP contribution in [0.5, 0.6) is 5.75 Å². The third-order valence-corrected chi connectivity index (χ3v) is 7.33. The number of nitro groups is 1. The number of nitrogens with two attached hydrogens (primary N) is 2. The summed E-state index contributed by atoms with van der Waals surface area (Å²) in [6.07, 6.45) is 0.409. The van der Waals surface area contributed by atoms with E-state index in [0.29, 0.717) is 23.3 Å². The second kappa shape index (κ2) is 10.6. The van der Waals surface area contributed by atoms with Gasteiger partial charge in [-0.1, -0.05) is 12.1 Å². The number of oxime groups is 1. The number of fused-ring (bicyclic) bond motifs is 1. The van der Waals surface area contributed by atoms with E-state index in [-0.39, 0.29) is 42.6 Å². The van der Waals surface area contributed by atoms with Crippen molar-refractivity contribution in [2.75, 3.05) is 13.2 Å². The Kier molecular flexibility index (Phi) is 7.76. The molecule has 0 spiro atoms. The van der Waals surface area contributed by atoms with Crippen LogP contribution in [0.4, 0.5) is 5.69 Å². The van der Waals surface area contributed by atoms with Gasteiger partial charge < -0.3 is 26.1 Å². The van der Waals surface area contributed by atoms with Crippen LogP contribution >= 0.6 is 0 Å². The number of hydrogen-bond donors (Lipinski definition) is 3. The molecule has 0 radical (unpaired) electrons. The van der Waals surface area contributed by atoms with Gasteiger partial charge in [-0.25, -0.2) is 8.42 Å². The maximum absolute atomic E-state index is 13.5. The van der Waals surface area contributed by atoms with Crippen LogP contribution in [0, 0.1) is 17.0 Å². The first-order valence-corrected chi connectivity index (χ1v) is 11.9. The zero-order chi connectivity index (χ0) is 25.8. The standard InChI is InChI=1S/C21H25N5O8S/c1-13-3-5-16(26(29)30)11-19(13)35(31,32)25-12-15-9-17(33-7-2-8-34-24-21(22)23)6-4-14(15)10-18(25)20(27)28/h3-6,9,11,18H,2,7-8,10,12H2,1H3,(H,27,28)(H4,22,23,24). The van der Waals surface area contributed by atoms with Crippen molar-refractivity contribution >= 4 is 27.6 Å². The van der Waals surface area contributed by atoms with Gasteiger partial charge in [-0.15, -0.1) is 0 Å². The van der Waals surface area contributed by atoms with E-state index in [1.807, 2.05) is 0 Å². The predicted octanol–water partition coefficient (Wildman–Crippen LogP) is 1.08. The number of sulfonamides is 1. The molecule has 5 N–H and O–H groups in total. The van der Waals surface area contributed by atoms with Crippen molar-refractivity contribution in [1.29, 1.82) is 0 Å². The Labute approximate surface area is 201 Å². The summed E-state index contributed by atoms with van der Waals surface area (Å²) in [5.74, 6) is -1.05. The van der Waals surface area contributed by atoms with Crippen LogP contribution in [0.2, 0.25) is 0 Å². The van der Waals surface area contributed by atoms with Crippen molar-refractivity contribution < 1.29 is 32.8 Å². The van der Waals surface area contributed by atoms with Crippen LogP contribution in [-0.4, -0.2) is 53.9 Å². The van der Waals surface area contributed by atoms with E-state index >= 15 is 0 Å². The molecule has 0 amide bonds. The average Bonchev–Trinajstić information content (AvgIpc) is 2.80. The molecule has 0 aliphatic carbocycles. The zero-order valence-corrected chi connectivity index (χ0v) is 19.6. The SMILES string of the molecule is Cc1ccc([N+](=O)[O-])cc1S(=O)(=O)N1Cc2cc(OCCCON=C(N)N)ccc2CC1C(=O)O. The molecule has 1 aliphatic rings. The molecule has 1 aliphatic heterocycles. The van der Waals surface area contributed by atoms with Gasteiger partial charge in [-0.2, -0.15) is 4.31 Å². The third kappa shape index (κ3) is 5.96. The maximum Gasteiger partial charge on any atom is 0.322 e. The fourth-order valence-corrected chi connectivity index (χ4v) is 5.44. The molecule has 3 rings (SSSR count). The highest BCUT2D eigenvalue weighted by molar-refractivity contribution is 7.89. The molecule has 0 bridgehead atoms. The second-order valence-corrected chi connectivity index (χ2v) is 9.66. The molecule has 0 aromatic heterocycles. The van der Waals surface area contributed by atoms with E-state index in [2.05, 4.69) is 5.16 Å². The molecule has 2 aromatic rings. The average molecular weight is 508 g/mol. The number of carboxylic acid groups (broad SMARTS) is 1. The van der Waals surface area contributed by atoms with E-state index in [1.54, 1.807) is 18.2 Å². The number of carboxylic acids is 1. The molecular formula is C21H25N5O8S. The van der Waals surface area contributed by atoms with E-state index in [4.69, 9.17) is 21.0 Å². The van der Waals surface area contributed by atoms with E-state index < -0.39 is 32.6 Å². The summed E-state index contributed by atoms with van der Waals surface area (Å²) in [6.45, 7) is 1.75. The number of nitrogens with zero attached hydrogens (tertiary/aromatic N) is 3. The van der Waals surface area contributed by atoms with E-state index in [9.17, 15) is 28.4 Å². The quantitative estimate of drug-likeness (QED) is 0.137. The number of aryl methyl sites for hydroxylation is 1. The van der Waals surface area contributed by atoms with Crippen molar-refractivity contribution in [2.45, 2.75) is 37.2 Å². The fourth-order valence-electron chi connectivity index (χ4n) is 3.63. The lowest BCUT2D eigenvalue weighted by atomic mass is 9.95. The normalized spacial score (nSPS) is 15.6. The van der Waals surface area contributed by atoms with Gasteiger partial charge >= 0.3 is 5.97 Å². The van der Waals surface area contributed by atoms with Crippen molar-refractivity contribution in [2.24, 2.45) is 16.6 Å². The van der Waals surface area contributed by atoms with Crippen molar-refractivity contribution in [3.63, 3.8) is 0 Å². The highest BCUT2D eigenvalue weighted by Gasteiger charge is 2.40. The van der Waals surface area contributed by atoms with Gasteiger partial charge in [0, 0.05) is 31.5 Å². The molecule has 1 unspecified atom stereocenters. The molecular weight excluding hydrogens is 482 g/mol. The Balaban J connectivity index is 1.84. The Morgan fingerprint density at radius 3 is 2.63 bits per heavy atom. The lowest BCUT2D eigenvalue weighted by Crippen LogP contribution is -2.48. The zero-order valence-electron chi connectivity index (χ0n) is 18.8. The number of aliphatic carboxylic acids is 1. The van der Waals surface area contributed by atoms with Crippen LogP contribution in [0.1, 0.15) is 23.1 Å². The first-order valence-electron chi connectivity index (χ1n) is 10.5. The molecule has 1 heterocycles. The maximum atomic E-state index is 13.5. The number of rotatable bonds is 10. The van der Waals surface area contributed by atoms with Crippen molar-refractivity contribution in [3.05, 3.63) is 63.2 Å². The van der Waals surface area contributed by atoms with Crippen LogP contribution < -0.4 is 16.2 Å². The lowest BCUT2D eigenvalue weighted by molar-refractivity contribution is -0.385. The molecule has 0 fully saturated rings. The Bertz CT molecular complexity index is 1260. The topological polar surface area (TPSA) is 201 Å². The molecule has 2 aromatic carbocycles. The smallest absolute Gasteiger partial charge is 0.322 e. The summed E-state index contributed by atoms with van der Waals surface area (Å²) in [6, 6.07) is 7.10. The van der Waals surface area contributed by atoms with Crippen molar-refractivity contribution in [3.8, 4) is 5.75 Å². The van der Waals surface area contributed by atoms with E-state index in [1.165, 1.54) is 19.1 Å². The summed E-state index contributed by atoms with van der Waals surface area (Å²) in [5, 5.41) is 24.3. The minimum Gasteiger partial charge on any atom is -0.493 e. The summed E-state index contributed by atoms with van der Waals surface area (Å²) in [5.41, 5.74) is 11.4. The molecule has 0 saturated carbocycles. The highest BCUT2D eigenvalue weighted by Crippen LogP contribution is 2.33. The largest absolute Gasteiger partial charge is 0.493 e. The summed E-state index contributed by atoms with van der Waals surface area (Å²) in [7, 11) is -4.37. The Morgan fingerprint density at radius 1 is 1.23 bits per heavy atom. The number of nitro benzene ring substituents is 1. The lowest BCUT2D eigenvalue weighted by Gasteiger charge is -2.34. The Hall–Kier alpha value is -3.91. The van der Waals surface area contributed by atoms with Gasteiger partial charge in [-0.05, 0) is 40.9 Å². The number of benzene rings is 2. The molecule has 188 valence electrons. The summed E-state index contributed by atoms with van der Waals surface area (Å²) < 4.78 is 33.5. The summed E-state index contributed by atoms with van der Waals surface area (Å²) in [4.78, 5) is 27.0. The summed E-state index contributed by atoms with van der Waals surface area (Å²) >= 11 is 0. The third-order valence-electron chi connectivity index (χ3n) is 5.34. The predicted molar refractivity (Wildman–Crippen MR) is 124 cm³/mol. The minimum absolute atomic E-state index is 0.0650. The van der Waals surface area contributed by atoms with Gasteiger partial charge in [0.05, 0.1) is 16.4 Å². The number of non-ortho nitro benzene ring substituents is 1. The number of ether oxygens (including phenoxy) is 1. The first kappa shape index (κ1) is 25.7. The minimum atomic E-state index is -4.37. The number of hydrogen-bond acceptors (Lipinski definition) is 8. The van der Waals surface area contributed by atoms with Gasteiger partial charge in [0.15, 0.2) is 0 Å². The van der Waals surface area contributed by atoms with Crippen LogP contribution in [0.25, 0.3) is 0 Å². The highest BCUT2D eigenvalue weighted by atomic mass is 32.2. The number of carbonyl (C=O) groups is 1. The number of guanidine groups is 1. The van der Waals surface area contributed by atoms with E-state index in [0.717, 1.165) is 10.4 Å². The fraction of sp³-hybridized carbons (Fsp3) is 0.333. The molecule has 14 heteroatoms. The van der Waals surface area contributed by atoms with Crippen LogP contribution in [-0.2, 0) is 32.6 Å². The molecule has 0 saturated heterocycles. The van der Waals surface area contributed by atoms with Gasteiger partial charge in [0.25, 0.3) is 5.69 Å². The monoisotopic (exact) mass is 507 g/mol. The molecule has 13 nitrogen and oxygen atoms in total. The Morgan fingerprint density at radius 2 is 1.97 bits per heavy atom. The first-order chi connectivity index (χ1) is 16.5. The molecule has 1 atom stereocenters. The van der Waals surface area contributed by atoms with Gasteiger partial charge in [0.2, 0.25) is 16.0 Å². The van der Waals surface area contributed by atoms with Gasteiger partial charge in [-0.3, -0.25) is 14.9 Å². The second-order valence-electron chi connectivity index (χ2n) is 7.80. The van der Waals surface area contributed by atoms with Crippen molar-refractivity contribution in [1.82, 2.24) is 4.31 Å². The van der Waals surface area contributed by atoms with Crippen LogP contribution in [0.3, 0.4) is 0 Å². The van der Waals surface area contributed by atoms with Gasteiger partial charge in [0.1, 0.15) is 18.4 Å². The molecule has 35 heavy (non-hydrogen) atoms. The van der Waals surface area contributed by atoms with Crippen LogP contribution in [0.15, 0.2) is 46.4 Å².